The number of rotatable bonds is 5. The number of thioether (sulfide) groups is 1. The second-order valence-corrected chi connectivity index (χ2v) is 11.4. The zero-order valence-electron chi connectivity index (χ0n) is 19.4. The topological polar surface area (TPSA) is 89.5 Å². The maximum atomic E-state index is 12.7. The Kier molecular flexibility index (Phi) is 7.40. The molecule has 1 atom stereocenters. The summed E-state index contributed by atoms with van der Waals surface area (Å²) in [5.41, 5.74) is 9.09. The molecule has 34 heavy (non-hydrogen) atoms. The van der Waals surface area contributed by atoms with Crippen molar-refractivity contribution in [3.63, 3.8) is 0 Å². The van der Waals surface area contributed by atoms with Crippen molar-refractivity contribution in [3.05, 3.63) is 35.2 Å². The average molecular weight is 497 g/mol. The number of carbonyl (C=O) groups excluding carboxylic acids is 1. The van der Waals surface area contributed by atoms with Gasteiger partial charge in [0.2, 0.25) is 5.91 Å². The fourth-order valence-electron chi connectivity index (χ4n) is 5.36. The van der Waals surface area contributed by atoms with Crippen LogP contribution < -0.4 is 10.6 Å². The van der Waals surface area contributed by atoms with Gasteiger partial charge in [-0.1, -0.05) is 12.1 Å². The van der Waals surface area contributed by atoms with Crippen molar-refractivity contribution in [2.75, 3.05) is 49.3 Å². The third-order valence-corrected chi connectivity index (χ3v) is 9.37. The van der Waals surface area contributed by atoms with Gasteiger partial charge in [0.25, 0.3) is 0 Å². The molecule has 1 aromatic carbocycles. The zero-order valence-corrected chi connectivity index (χ0v) is 21.1. The Bertz CT molecular complexity index is 1010. The molecule has 2 aromatic rings. The zero-order chi connectivity index (χ0) is 23.5. The lowest BCUT2D eigenvalue weighted by molar-refractivity contribution is -0.132. The average Bonchev–Trinajstić information content (AvgIpc) is 3.61. The van der Waals surface area contributed by atoms with E-state index in [4.69, 9.17) is 16.0 Å². The number of hydrogen-bond donors (Lipinski definition) is 1. The van der Waals surface area contributed by atoms with Crippen molar-refractivity contribution in [3.8, 4) is 17.3 Å². The highest BCUT2D eigenvalue weighted by atomic mass is 32.2. The summed E-state index contributed by atoms with van der Waals surface area (Å²) in [5, 5.41) is 12.2. The Morgan fingerprint density at radius 1 is 1.09 bits per heavy atom. The molecule has 1 aliphatic carbocycles. The Hall–Kier alpha value is -2.12. The Labute approximate surface area is 209 Å². The van der Waals surface area contributed by atoms with Gasteiger partial charge in [-0.15, -0.1) is 23.1 Å². The van der Waals surface area contributed by atoms with E-state index in [1.54, 1.807) is 11.3 Å². The molecule has 9 heteroatoms. The van der Waals surface area contributed by atoms with Crippen LogP contribution in [0.1, 0.15) is 31.2 Å². The van der Waals surface area contributed by atoms with E-state index in [0.29, 0.717) is 17.5 Å². The smallest absolute Gasteiger partial charge is 0.240 e. The number of nitrogens with two attached hydrogens (primary N) is 1. The standard InChI is InChI=1S/C25H32N6OS2/c26-15-18-1-3-19(4-2-18)22-16-34-25(28-22)30-11-9-29(10-12-30)21-7-5-20(6-8-21)23(27)24(32)31-13-14-33-17-31/h1-4,16,20-21,23H,5-14,17,27H2. The molecule has 1 unspecified atom stereocenters. The predicted molar refractivity (Wildman–Crippen MR) is 139 cm³/mol. The molecule has 3 fully saturated rings. The van der Waals surface area contributed by atoms with Gasteiger partial charge in [-0.25, -0.2) is 4.98 Å². The van der Waals surface area contributed by atoms with Crippen molar-refractivity contribution in [1.82, 2.24) is 14.8 Å². The molecule has 3 aliphatic rings. The first-order chi connectivity index (χ1) is 16.6. The summed E-state index contributed by atoms with van der Waals surface area (Å²) in [5.74, 6) is 2.33. The maximum absolute atomic E-state index is 12.7. The van der Waals surface area contributed by atoms with Gasteiger partial charge in [0.05, 0.1) is 29.2 Å². The highest BCUT2D eigenvalue weighted by Crippen LogP contribution is 2.32. The highest BCUT2D eigenvalue weighted by Gasteiger charge is 2.35. The number of hydrogen-bond acceptors (Lipinski definition) is 8. The van der Waals surface area contributed by atoms with Crippen LogP contribution in [0.25, 0.3) is 11.3 Å². The minimum absolute atomic E-state index is 0.158. The van der Waals surface area contributed by atoms with Crippen molar-refractivity contribution >= 4 is 34.1 Å². The molecule has 2 aliphatic heterocycles. The molecule has 7 nitrogen and oxygen atoms in total. The van der Waals surface area contributed by atoms with E-state index in [1.165, 1.54) is 0 Å². The highest BCUT2D eigenvalue weighted by molar-refractivity contribution is 7.99. The molecule has 0 bridgehead atoms. The number of amides is 1. The molecule has 1 saturated carbocycles. The van der Waals surface area contributed by atoms with Gasteiger partial charge in [0.1, 0.15) is 0 Å². The van der Waals surface area contributed by atoms with E-state index in [9.17, 15) is 4.79 Å². The van der Waals surface area contributed by atoms with Crippen LogP contribution >= 0.6 is 23.1 Å². The van der Waals surface area contributed by atoms with Crippen LogP contribution in [0.4, 0.5) is 5.13 Å². The quantitative estimate of drug-likeness (QED) is 0.680. The molecular formula is C25H32N6OS2. The monoisotopic (exact) mass is 496 g/mol. The molecule has 1 amide bonds. The van der Waals surface area contributed by atoms with Crippen LogP contribution in [-0.4, -0.2) is 77.1 Å². The minimum Gasteiger partial charge on any atom is -0.346 e. The first-order valence-corrected chi connectivity index (χ1v) is 14.2. The van der Waals surface area contributed by atoms with Gasteiger partial charge in [0.15, 0.2) is 5.13 Å². The summed E-state index contributed by atoms with van der Waals surface area (Å²) in [4.78, 5) is 24.5. The van der Waals surface area contributed by atoms with Crippen molar-refractivity contribution in [1.29, 1.82) is 5.26 Å². The van der Waals surface area contributed by atoms with E-state index in [2.05, 4.69) is 21.2 Å². The summed E-state index contributed by atoms with van der Waals surface area (Å²) >= 11 is 3.51. The first-order valence-electron chi connectivity index (χ1n) is 12.2. The number of piperazine rings is 1. The molecule has 0 spiro atoms. The first kappa shape index (κ1) is 23.6. The number of thiazole rings is 1. The van der Waals surface area contributed by atoms with Crippen LogP contribution in [0.5, 0.6) is 0 Å². The summed E-state index contributed by atoms with van der Waals surface area (Å²) < 4.78 is 0. The van der Waals surface area contributed by atoms with Gasteiger partial charge >= 0.3 is 0 Å². The number of anilines is 1. The molecule has 3 heterocycles. The molecular weight excluding hydrogens is 464 g/mol. The van der Waals surface area contributed by atoms with Crippen LogP contribution in [0.15, 0.2) is 29.6 Å². The lowest BCUT2D eigenvalue weighted by Gasteiger charge is -2.42. The fraction of sp³-hybridized carbons (Fsp3) is 0.560. The fourth-order valence-corrected chi connectivity index (χ4v) is 7.21. The number of benzene rings is 1. The molecule has 2 saturated heterocycles. The maximum Gasteiger partial charge on any atom is 0.240 e. The predicted octanol–water partition coefficient (Wildman–Crippen LogP) is 3.22. The Morgan fingerprint density at radius 2 is 1.82 bits per heavy atom. The van der Waals surface area contributed by atoms with Crippen LogP contribution in [0, 0.1) is 17.2 Å². The molecule has 1 aromatic heterocycles. The molecule has 180 valence electrons. The Morgan fingerprint density at radius 3 is 2.47 bits per heavy atom. The third kappa shape index (κ3) is 5.10. The number of carbonyl (C=O) groups is 1. The van der Waals surface area contributed by atoms with E-state index in [-0.39, 0.29) is 11.9 Å². The van der Waals surface area contributed by atoms with E-state index >= 15 is 0 Å². The van der Waals surface area contributed by atoms with E-state index in [1.807, 2.05) is 40.9 Å². The molecule has 0 radical (unpaired) electrons. The summed E-state index contributed by atoms with van der Waals surface area (Å²) in [7, 11) is 0. The minimum atomic E-state index is -0.327. The van der Waals surface area contributed by atoms with Crippen LogP contribution in [-0.2, 0) is 4.79 Å². The normalized spacial score (nSPS) is 24.7. The number of nitriles is 1. The number of aromatic nitrogens is 1. The lowest BCUT2D eigenvalue weighted by atomic mass is 9.80. The van der Waals surface area contributed by atoms with E-state index < -0.39 is 0 Å². The van der Waals surface area contributed by atoms with Gasteiger partial charge in [-0.05, 0) is 43.7 Å². The summed E-state index contributed by atoms with van der Waals surface area (Å²) in [6.07, 6.45) is 4.39. The van der Waals surface area contributed by atoms with Crippen molar-refractivity contribution in [2.45, 2.75) is 37.8 Å². The van der Waals surface area contributed by atoms with Crippen molar-refractivity contribution < 1.29 is 4.79 Å². The van der Waals surface area contributed by atoms with Crippen LogP contribution in [0.3, 0.4) is 0 Å². The third-order valence-electron chi connectivity index (χ3n) is 7.50. The molecule has 5 rings (SSSR count). The molecule has 2 N–H and O–H groups in total. The lowest BCUT2D eigenvalue weighted by Crippen LogP contribution is -2.53. The number of nitrogens with zero attached hydrogens (tertiary/aromatic N) is 5. The second kappa shape index (κ2) is 10.6. The second-order valence-electron chi connectivity index (χ2n) is 9.46. The summed E-state index contributed by atoms with van der Waals surface area (Å²) in [6.45, 7) is 4.94. The Balaban J connectivity index is 1.10. The van der Waals surface area contributed by atoms with Crippen molar-refractivity contribution in [2.24, 2.45) is 11.7 Å². The largest absolute Gasteiger partial charge is 0.346 e. The van der Waals surface area contributed by atoms with Gasteiger partial charge < -0.3 is 15.5 Å². The van der Waals surface area contributed by atoms with Crippen LogP contribution in [0.2, 0.25) is 0 Å². The van der Waals surface area contributed by atoms with Gasteiger partial charge in [-0.3, -0.25) is 9.69 Å². The van der Waals surface area contributed by atoms with Gasteiger partial charge in [0, 0.05) is 55.5 Å². The SMILES string of the molecule is N#Cc1ccc(-c2csc(N3CCN(C4CCC(C(N)C(=O)N5CCSC5)CC4)CC3)n2)cc1. The van der Waals surface area contributed by atoms with E-state index in [0.717, 1.165) is 86.4 Å². The van der Waals surface area contributed by atoms with Gasteiger partial charge in [-0.2, -0.15) is 5.26 Å². The summed E-state index contributed by atoms with van der Waals surface area (Å²) in [6, 6.07) is 10.1.